The minimum absolute atomic E-state index is 0.0903. The van der Waals surface area contributed by atoms with Gasteiger partial charge in [-0.05, 0) is 48.5 Å². The predicted molar refractivity (Wildman–Crippen MR) is 91.6 cm³/mol. The van der Waals surface area contributed by atoms with Crippen molar-refractivity contribution < 1.29 is 9.59 Å². The van der Waals surface area contributed by atoms with Crippen LogP contribution in [0.2, 0.25) is 0 Å². The van der Waals surface area contributed by atoms with Crippen LogP contribution < -0.4 is 0 Å². The fraction of sp³-hybridized carbons (Fsp3) is 0.111. The fourth-order valence-electron chi connectivity index (χ4n) is 2.35. The molecule has 118 valence electrons. The molecule has 0 N–H and O–H groups in total. The number of carbonyl (C=O) groups is 2. The van der Waals surface area contributed by atoms with Gasteiger partial charge in [0.05, 0.1) is 28.8 Å². The summed E-state index contributed by atoms with van der Waals surface area (Å²) >= 11 is 0.891. The Morgan fingerprint density at radius 1 is 1.21 bits per heavy atom. The van der Waals surface area contributed by atoms with Crippen LogP contribution >= 0.6 is 11.8 Å². The van der Waals surface area contributed by atoms with Gasteiger partial charge in [0.2, 0.25) is 0 Å². The van der Waals surface area contributed by atoms with E-state index in [-0.39, 0.29) is 17.7 Å². The average Bonchev–Trinajstić information content (AvgIpc) is 2.83. The highest BCUT2D eigenvalue weighted by molar-refractivity contribution is 8.18. The van der Waals surface area contributed by atoms with Gasteiger partial charge in [0.15, 0.2) is 0 Å². The molecule has 0 bridgehead atoms. The Labute approximate surface area is 143 Å². The molecule has 1 saturated heterocycles. The Hall–Kier alpha value is -2.91. The molecule has 5 nitrogen and oxygen atoms in total. The quantitative estimate of drug-likeness (QED) is 0.803. The Bertz CT molecular complexity index is 899. The molecule has 1 aromatic carbocycles. The summed E-state index contributed by atoms with van der Waals surface area (Å²) in [5.74, 6) is -0.360. The van der Waals surface area contributed by atoms with Gasteiger partial charge < -0.3 is 0 Å². The maximum atomic E-state index is 12.5. The maximum Gasteiger partial charge on any atom is 0.293 e. The summed E-state index contributed by atoms with van der Waals surface area (Å²) in [6.45, 7) is 1.95. The summed E-state index contributed by atoms with van der Waals surface area (Å²) in [6, 6.07) is 14.5. The fourth-order valence-corrected chi connectivity index (χ4v) is 3.18. The number of nitrogens with zero attached hydrogens (tertiary/aromatic N) is 3. The average molecular weight is 335 g/mol. The predicted octanol–water partition coefficient (Wildman–Crippen LogP) is 3.50. The summed E-state index contributed by atoms with van der Waals surface area (Å²) < 4.78 is 0. The molecule has 0 atom stereocenters. The van der Waals surface area contributed by atoms with E-state index in [0.29, 0.717) is 21.7 Å². The van der Waals surface area contributed by atoms with Crippen molar-refractivity contribution in [1.29, 1.82) is 5.26 Å². The largest absolute Gasteiger partial charge is 0.293 e. The number of nitriles is 1. The number of pyridine rings is 1. The molecule has 1 fully saturated rings. The van der Waals surface area contributed by atoms with E-state index in [1.165, 1.54) is 0 Å². The van der Waals surface area contributed by atoms with Crippen LogP contribution in [0.5, 0.6) is 0 Å². The molecule has 6 heteroatoms. The van der Waals surface area contributed by atoms with Crippen molar-refractivity contribution in [3.63, 3.8) is 0 Å². The van der Waals surface area contributed by atoms with Gasteiger partial charge in [0.1, 0.15) is 0 Å². The van der Waals surface area contributed by atoms with E-state index in [2.05, 4.69) is 11.1 Å². The Morgan fingerprint density at radius 2 is 2.00 bits per heavy atom. The number of amides is 2. The van der Waals surface area contributed by atoms with Gasteiger partial charge in [0.25, 0.3) is 11.1 Å². The molecule has 24 heavy (non-hydrogen) atoms. The number of aromatic nitrogens is 1. The molecular weight excluding hydrogens is 322 g/mol. The summed E-state index contributed by atoms with van der Waals surface area (Å²) in [5.41, 5.74) is 2.59. The first-order valence-corrected chi connectivity index (χ1v) is 8.07. The van der Waals surface area contributed by atoms with Crippen LogP contribution in [0.4, 0.5) is 4.79 Å². The topological polar surface area (TPSA) is 74.1 Å². The zero-order valence-electron chi connectivity index (χ0n) is 12.9. The number of aryl methyl sites for hydroxylation is 1. The molecule has 1 aromatic heterocycles. The van der Waals surface area contributed by atoms with Crippen molar-refractivity contribution in [2.75, 3.05) is 0 Å². The molecule has 0 unspecified atom stereocenters. The lowest BCUT2D eigenvalue weighted by Gasteiger charge is -2.13. The number of hydrogen-bond donors (Lipinski definition) is 0. The third-order valence-electron chi connectivity index (χ3n) is 3.53. The molecule has 0 aliphatic carbocycles. The zero-order valence-corrected chi connectivity index (χ0v) is 13.7. The van der Waals surface area contributed by atoms with E-state index in [1.54, 1.807) is 36.4 Å². The van der Waals surface area contributed by atoms with Crippen LogP contribution in [0.25, 0.3) is 6.08 Å². The number of rotatable bonds is 3. The highest BCUT2D eigenvalue weighted by Crippen LogP contribution is 2.33. The van der Waals surface area contributed by atoms with E-state index in [0.717, 1.165) is 22.4 Å². The number of thioether (sulfide) groups is 1. The van der Waals surface area contributed by atoms with E-state index in [9.17, 15) is 9.59 Å². The summed E-state index contributed by atoms with van der Waals surface area (Å²) in [6.07, 6.45) is 1.62. The monoisotopic (exact) mass is 335 g/mol. The first-order chi connectivity index (χ1) is 11.6. The molecule has 1 aliphatic heterocycles. The minimum atomic E-state index is -0.360. The molecule has 0 saturated carbocycles. The Balaban J connectivity index is 1.86. The van der Waals surface area contributed by atoms with Gasteiger partial charge in [0, 0.05) is 5.69 Å². The van der Waals surface area contributed by atoms with Crippen LogP contribution in [-0.2, 0) is 11.3 Å². The highest BCUT2D eigenvalue weighted by atomic mass is 32.2. The van der Waals surface area contributed by atoms with Crippen molar-refractivity contribution in [2.45, 2.75) is 13.5 Å². The van der Waals surface area contributed by atoms with Gasteiger partial charge in [-0.2, -0.15) is 5.26 Å². The smallest absolute Gasteiger partial charge is 0.268 e. The molecular formula is C18H13N3O2S. The second-order valence-corrected chi connectivity index (χ2v) is 6.23. The zero-order chi connectivity index (χ0) is 17.1. The molecule has 1 aliphatic rings. The molecule has 2 heterocycles. The number of benzene rings is 1. The minimum Gasteiger partial charge on any atom is -0.268 e. The lowest BCUT2D eigenvalue weighted by atomic mass is 10.1. The third kappa shape index (κ3) is 3.21. The lowest BCUT2D eigenvalue weighted by molar-refractivity contribution is -0.123. The van der Waals surface area contributed by atoms with Crippen LogP contribution in [0, 0.1) is 18.3 Å². The second-order valence-electron chi connectivity index (χ2n) is 5.24. The molecule has 3 rings (SSSR count). The Kier molecular flexibility index (Phi) is 4.45. The summed E-state index contributed by atoms with van der Waals surface area (Å²) in [4.78, 5) is 30.5. The summed E-state index contributed by atoms with van der Waals surface area (Å²) in [5, 5.41) is 8.79. The van der Waals surface area contributed by atoms with Crippen LogP contribution in [-0.4, -0.2) is 21.0 Å². The van der Waals surface area contributed by atoms with E-state index in [1.807, 2.05) is 19.1 Å². The van der Waals surface area contributed by atoms with E-state index in [4.69, 9.17) is 5.26 Å². The van der Waals surface area contributed by atoms with Crippen molar-refractivity contribution in [3.05, 3.63) is 69.9 Å². The second kappa shape index (κ2) is 6.69. The Morgan fingerprint density at radius 3 is 2.75 bits per heavy atom. The number of imide groups is 1. The van der Waals surface area contributed by atoms with Gasteiger partial charge in [-0.25, -0.2) is 0 Å². The summed E-state index contributed by atoms with van der Waals surface area (Å²) in [7, 11) is 0. The van der Waals surface area contributed by atoms with Gasteiger partial charge in [-0.1, -0.05) is 24.3 Å². The normalized spacial score (nSPS) is 15.8. The number of hydrogen-bond acceptors (Lipinski definition) is 5. The molecule has 0 radical (unpaired) electrons. The standard InChI is InChI=1S/C18H13N3O2S/c1-12-5-4-8-15(20-12)9-16-17(22)21(18(23)24-16)11-14-7-3-2-6-13(14)10-19/h2-9H,11H2,1H3/b16-9+. The first kappa shape index (κ1) is 16.0. The van der Waals surface area contributed by atoms with Crippen LogP contribution in [0.1, 0.15) is 22.5 Å². The third-order valence-corrected chi connectivity index (χ3v) is 4.44. The van der Waals surface area contributed by atoms with Crippen molar-refractivity contribution in [3.8, 4) is 6.07 Å². The van der Waals surface area contributed by atoms with Gasteiger partial charge in [-0.3, -0.25) is 19.5 Å². The van der Waals surface area contributed by atoms with E-state index >= 15 is 0 Å². The molecule has 2 aromatic rings. The van der Waals surface area contributed by atoms with Crippen LogP contribution in [0.15, 0.2) is 47.4 Å². The van der Waals surface area contributed by atoms with Crippen molar-refractivity contribution >= 4 is 29.0 Å². The molecule has 2 amide bonds. The van der Waals surface area contributed by atoms with Crippen molar-refractivity contribution in [2.24, 2.45) is 0 Å². The van der Waals surface area contributed by atoms with Crippen LogP contribution in [0.3, 0.4) is 0 Å². The lowest BCUT2D eigenvalue weighted by Crippen LogP contribution is -2.27. The van der Waals surface area contributed by atoms with Gasteiger partial charge >= 0.3 is 0 Å². The first-order valence-electron chi connectivity index (χ1n) is 7.25. The van der Waals surface area contributed by atoms with E-state index < -0.39 is 0 Å². The number of carbonyl (C=O) groups excluding carboxylic acids is 2. The SMILES string of the molecule is Cc1cccc(/C=C2/SC(=O)N(Cc3ccccc3C#N)C2=O)n1. The van der Waals surface area contributed by atoms with Crippen molar-refractivity contribution in [1.82, 2.24) is 9.88 Å². The maximum absolute atomic E-state index is 12.5. The highest BCUT2D eigenvalue weighted by Gasteiger charge is 2.35. The molecule has 0 spiro atoms. The van der Waals surface area contributed by atoms with Gasteiger partial charge in [-0.15, -0.1) is 0 Å².